The zero-order chi connectivity index (χ0) is 16.1. The van der Waals surface area contributed by atoms with Crippen LogP contribution in [0.4, 0.5) is 5.69 Å². The summed E-state index contributed by atoms with van der Waals surface area (Å²) in [7, 11) is 1.22. The maximum absolute atomic E-state index is 11.9. The van der Waals surface area contributed by atoms with E-state index in [0.29, 0.717) is 10.4 Å². The molecule has 0 aliphatic rings. The molecule has 0 aliphatic carbocycles. The van der Waals surface area contributed by atoms with Gasteiger partial charge in [-0.05, 0) is 19.1 Å². The molecule has 7 heteroatoms. The van der Waals surface area contributed by atoms with E-state index in [0.717, 1.165) is 23.0 Å². The monoisotopic (exact) mass is 318 g/mol. The summed E-state index contributed by atoms with van der Waals surface area (Å²) >= 11 is 1.00. The highest BCUT2D eigenvalue weighted by atomic mass is 32.1. The lowest BCUT2D eigenvalue weighted by molar-refractivity contribution is -0.133. The third-order valence-electron chi connectivity index (χ3n) is 2.71. The van der Waals surface area contributed by atoms with E-state index < -0.39 is 11.5 Å². The van der Waals surface area contributed by atoms with E-state index in [1.807, 2.05) is 19.1 Å². The van der Waals surface area contributed by atoms with Crippen LogP contribution >= 0.6 is 11.3 Å². The van der Waals surface area contributed by atoms with E-state index in [4.69, 9.17) is 0 Å². The lowest BCUT2D eigenvalue weighted by atomic mass is 10.2. The number of aromatic nitrogens is 1. The van der Waals surface area contributed by atoms with Crippen molar-refractivity contribution in [1.82, 2.24) is 4.98 Å². The molecule has 0 aliphatic heterocycles. The van der Waals surface area contributed by atoms with Crippen LogP contribution < -0.4 is 20.1 Å². The molecule has 114 valence electrons. The van der Waals surface area contributed by atoms with E-state index in [1.54, 1.807) is 12.1 Å². The fraction of sp³-hybridized carbons (Fsp3) is 0.133. The van der Waals surface area contributed by atoms with Crippen molar-refractivity contribution in [2.24, 2.45) is 0 Å². The number of ether oxygens (including phenoxy) is 1. The summed E-state index contributed by atoms with van der Waals surface area (Å²) < 4.78 is 4.99. The molecular formula is C15H14N2O4S. The molecule has 1 heterocycles. The molecule has 2 aromatic rings. The lowest BCUT2D eigenvalue weighted by Gasteiger charge is -2.01. The number of benzene rings is 1. The molecular weight excluding hydrogens is 304 g/mol. The molecule has 0 saturated carbocycles. The van der Waals surface area contributed by atoms with Gasteiger partial charge in [0.1, 0.15) is 9.20 Å². The molecule has 0 spiro atoms. The Hall–Kier alpha value is -2.67. The van der Waals surface area contributed by atoms with Gasteiger partial charge in [0, 0.05) is 17.8 Å². The van der Waals surface area contributed by atoms with Gasteiger partial charge in [-0.2, -0.15) is 0 Å². The van der Waals surface area contributed by atoms with Gasteiger partial charge >= 0.3 is 5.97 Å². The first-order valence-corrected chi connectivity index (χ1v) is 7.18. The van der Waals surface area contributed by atoms with Crippen LogP contribution in [0.1, 0.15) is 5.56 Å². The maximum atomic E-state index is 11.9. The minimum Gasteiger partial charge on any atom is -0.466 e. The van der Waals surface area contributed by atoms with Gasteiger partial charge in [-0.1, -0.05) is 17.7 Å². The number of hydrogen-bond donors (Lipinski definition) is 2. The van der Waals surface area contributed by atoms with Crippen molar-refractivity contribution in [2.45, 2.75) is 6.92 Å². The molecule has 0 radical (unpaired) electrons. The van der Waals surface area contributed by atoms with Crippen molar-refractivity contribution in [1.29, 1.82) is 0 Å². The van der Waals surface area contributed by atoms with E-state index in [-0.39, 0.29) is 10.4 Å². The number of hydrogen-bond acceptors (Lipinski definition) is 5. The predicted octanol–water partition coefficient (Wildman–Crippen LogP) is 0.118. The standard InChI is InChI=1S/C15H14N2O4S/c1-9-3-5-10(6-4-9)16-12(18)8-13-17-15(20)11(22-13)7-14(19)21-2/h3-8H,1-2H3,(H,16,18)(H,17,20)/b11-7-,13-8+. The SMILES string of the molecule is COC(=O)/C=c1\s/c(=C/C(=O)Nc2ccc(C)cc2)[nH]c1=O. The zero-order valence-corrected chi connectivity index (χ0v) is 12.8. The third-order valence-corrected chi connectivity index (χ3v) is 3.67. The first-order valence-electron chi connectivity index (χ1n) is 6.36. The number of anilines is 1. The highest BCUT2D eigenvalue weighted by Gasteiger charge is 2.02. The summed E-state index contributed by atoms with van der Waals surface area (Å²) in [5, 5.41) is 2.69. The van der Waals surface area contributed by atoms with Gasteiger partial charge in [0.15, 0.2) is 0 Å². The number of rotatable bonds is 3. The van der Waals surface area contributed by atoms with Crippen molar-refractivity contribution in [3.05, 3.63) is 49.4 Å². The summed E-state index contributed by atoms with van der Waals surface area (Å²) in [6.45, 7) is 1.95. The van der Waals surface area contributed by atoms with E-state index in [1.165, 1.54) is 13.2 Å². The van der Waals surface area contributed by atoms with Gasteiger partial charge < -0.3 is 15.0 Å². The Bertz CT molecular complexity index is 862. The second-order valence-corrected chi connectivity index (χ2v) is 5.54. The largest absolute Gasteiger partial charge is 0.466 e. The average molecular weight is 318 g/mol. The smallest absolute Gasteiger partial charge is 0.332 e. The highest BCUT2D eigenvalue weighted by Crippen LogP contribution is 2.08. The zero-order valence-electron chi connectivity index (χ0n) is 12.0. The van der Waals surface area contributed by atoms with Crippen LogP contribution in [0, 0.1) is 6.92 Å². The maximum Gasteiger partial charge on any atom is 0.332 e. The van der Waals surface area contributed by atoms with Gasteiger partial charge in [-0.15, -0.1) is 11.3 Å². The molecule has 2 rings (SSSR count). The predicted molar refractivity (Wildman–Crippen MR) is 84.9 cm³/mol. The van der Waals surface area contributed by atoms with Crippen LogP contribution in [0.5, 0.6) is 0 Å². The average Bonchev–Trinajstić information content (AvgIpc) is 2.80. The number of amides is 1. The minimum absolute atomic E-state index is 0.182. The number of aryl methyl sites for hydroxylation is 1. The number of carbonyl (C=O) groups excluding carboxylic acids is 2. The van der Waals surface area contributed by atoms with E-state index in [9.17, 15) is 14.4 Å². The Morgan fingerprint density at radius 1 is 1.23 bits per heavy atom. The summed E-state index contributed by atoms with van der Waals surface area (Å²) in [4.78, 5) is 37.1. The Balaban J connectivity index is 2.22. The first kappa shape index (κ1) is 15.7. The molecule has 0 unspecified atom stereocenters. The normalized spacial score (nSPS) is 12.3. The Morgan fingerprint density at radius 3 is 2.55 bits per heavy atom. The molecule has 2 N–H and O–H groups in total. The summed E-state index contributed by atoms with van der Waals surface area (Å²) in [5.41, 5.74) is 1.31. The molecule has 22 heavy (non-hydrogen) atoms. The molecule has 0 atom stereocenters. The Labute approximate surface area is 129 Å². The number of thiazole rings is 1. The number of nitrogens with one attached hydrogen (secondary N) is 2. The van der Waals surface area contributed by atoms with Crippen molar-refractivity contribution in [2.75, 3.05) is 12.4 Å². The molecule has 1 amide bonds. The number of esters is 1. The van der Waals surface area contributed by atoms with Gasteiger partial charge in [0.25, 0.3) is 11.5 Å². The van der Waals surface area contributed by atoms with E-state index in [2.05, 4.69) is 15.0 Å². The van der Waals surface area contributed by atoms with Crippen LogP contribution in [0.15, 0.2) is 29.1 Å². The summed E-state index contributed by atoms with van der Waals surface area (Å²) in [5.74, 6) is -0.992. The molecule has 1 aromatic carbocycles. The molecule has 0 fully saturated rings. The highest BCUT2D eigenvalue weighted by molar-refractivity contribution is 7.07. The Kier molecular flexibility index (Phi) is 4.90. The molecule has 0 bridgehead atoms. The molecule has 0 saturated heterocycles. The summed E-state index contributed by atoms with van der Waals surface area (Å²) in [6.07, 6.45) is 2.35. The van der Waals surface area contributed by atoms with Crippen molar-refractivity contribution in [3.8, 4) is 0 Å². The summed E-state index contributed by atoms with van der Waals surface area (Å²) in [6, 6.07) is 7.33. The first-order chi connectivity index (χ1) is 10.5. The Morgan fingerprint density at radius 2 is 1.91 bits per heavy atom. The minimum atomic E-state index is -0.622. The molecule has 1 aromatic heterocycles. The van der Waals surface area contributed by atoms with E-state index >= 15 is 0 Å². The van der Waals surface area contributed by atoms with Gasteiger partial charge in [0.05, 0.1) is 7.11 Å². The van der Waals surface area contributed by atoms with Gasteiger partial charge in [0.2, 0.25) is 0 Å². The van der Waals surface area contributed by atoms with Crippen LogP contribution in [-0.2, 0) is 14.3 Å². The fourth-order valence-corrected chi connectivity index (χ4v) is 2.47. The number of aromatic amines is 1. The van der Waals surface area contributed by atoms with Crippen LogP contribution in [0.3, 0.4) is 0 Å². The number of H-pyrrole nitrogens is 1. The third kappa shape index (κ3) is 4.16. The van der Waals surface area contributed by atoms with Crippen molar-refractivity contribution >= 4 is 41.1 Å². The molecule has 6 nitrogen and oxygen atoms in total. The number of carbonyl (C=O) groups is 2. The second kappa shape index (κ2) is 6.86. The van der Waals surface area contributed by atoms with Gasteiger partial charge in [-0.3, -0.25) is 9.59 Å². The topological polar surface area (TPSA) is 88.3 Å². The van der Waals surface area contributed by atoms with Crippen molar-refractivity contribution < 1.29 is 14.3 Å². The number of methoxy groups -OCH3 is 1. The second-order valence-electron chi connectivity index (χ2n) is 4.45. The van der Waals surface area contributed by atoms with Gasteiger partial charge in [-0.25, -0.2) is 4.79 Å². The quantitative estimate of drug-likeness (QED) is 0.787. The van der Waals surface area contributed by atoms with Crippen molar-refractivity contribution in [3.63, 3.8) is 0 Å². The van der Waals surface area contributed by atoms with Crippen LogP contribution in [0.25, 0.3) is 12.2 Å². The fourth-order valence-electron chi connectivity index (χ4n) is 1.62. The van der Waals surface area contributed by atoms with Crippen LogP contribution in [-0.4, -0.2) is 24.0 Å². The lowest BCUT2D eigenvalue weighted by Crippen LogP contribution is -2.21. The van der Waals surface area contributed by atoms with Crippen LogP contribution in [0.2, 0.25) is 0 Å².